The molecule has 21 heavy (non-hydrogen) atoms. The van der Waals surface area contributed by atoms with Gasteiger partial charge in [0.2, 0.25) is 20.0 Å². The molecule has 0 bridgehead atoms. The van der Waals surface area contributed by atoms with Gasteiger partial charge in [-0.05, 0) is 13.0 Å². The Balaban J connectivity index is 3.76. The van der Waals surface area contributed by atoms with E-state index in [1.807, 2.05) is 4.83 Å². The minimum absolute atomic E-state index is 0.276. The topological polar surface area (TPSA) is 95.6 Å². The monoisotopic (exact) mass is 343 g/mol. The lowest BCUT2D eigenvalue weighted by Crippen LogP contribution is -2.46. The van der Waals surface area contributed by atoms with Gasteiger partial charge < -0.3 is 5.32 Å². The van der Waals surface area contributed by atoms with Crippen molar-refractivity contribution < 1.29 is 16.8 Å². The lowest BCUT2D eigenvalue weighted by Gasteiger charge is -2.17. The summed E-state index contributed by atoms with van der Waals surface area (Å²) in [6.07, 6.45) is 9.08. The number of nitrogens with zero attached hydrogens (tertiary/aromatic N) is 1. The van der Waals surface area contributed by atoms with Gasteiger partial charge in [0.25, 0.3) is 0 Å². The standard InChI is InChI=1S/C12H29N3O4S2/c1-4-5-6-7-8-9-10-11-13-12-21(18,19)15(2)14-20(3,16)17/h13-14H,4-12H2,1-3H3. The Morgan fingerprint density at radius 3 is 1.95 bits per heavy atom. The molecule has 7 nitrogen and oxygen atoms in total. The molecule has 0 saturated heterocycles. The van der Waals surface area contributed by atoms with E-state index in [1.165, 1.54) is 39.2 Å². The van der Waals surface area contributed by atoms with Crippen LogP contribution in [0.2, 0.25) is 0 Å². The van der Waals surface area contributed by atoms with E-state index in [4.69, 9.17) is 0 Å². The Morgan fingerprint density at radius 2 is 1.43 bits per heavy atom. The predicted molar refractivity (Wildman–Crippen MR) is 85.5 cm³/mol. The highest BCUT2D eigenvalue weighted by molar-refractivity contribution is 7.91. The van der Waals surface area contributed by atoms with Gasteiger partial charge in [0.15, 0.2) is 0 Å². The number of hydrogen-bond donors (Lipinski definition) is 2. The highest BCUT2D eigenvalue weighted by Gasteiger charge is 2.20. The van der Waals surface area contributed by atoms with Crippen molar-refractivity contribution >= 4 is 20.0 Å². The normalized spacial score (nSPS) is 13.0. The Labute approximate surface area is 129 Å². The van der Waals surface area contributed by atoms with E-state index >= 15 is 0 Å². The lowest BCUT2D eigenvalue weighted by molar-refractivity contribution is 0.430. The minimum atomic E-state index is -3.67. The first-order chi connectivity index (χ1) is 9.69. The van der Waals surface area contributed by atoms with Gasteiger partial charge in [-0.3, -0.25) is 0 Å². The van der Waals surface area contributed by atoms with Crippen LogP contribution in [-0.4, -0.2) is 47.0 Å². The fourth-order valence-corrected chi connectivity index (χ4v) is 3.72. The van der Waals surface area contributed by atoms with Crippen LogP contribution in [0.15, 0.2) is 0 Å². The zero-order valence-electron chi connectivity index (χ0n) is 13.3. The van der Waals surface area contributed by atoms with Crippen LogP contribution in [0.3, 0.4) is 0 Å². The maximum Gasteiger partial charge on any atom is 0.240 e. The second-order valence-electron chi connectivity index (χ2n) is 5.21. The molecule has 0 atom stereocenters. The summed E-state index contributed by atoms with van der Waals surface area (Å²) in [7, 11) is -6.08. The van der Waals surface area contributed by atoms with Crippen LogP contribution in [0, 0.1) is 0 Å². The van der Waals surface area contributed by atoms with Gasteiger partial charge in [-0.15, -0.1) is 9.25 Å². The fraction of sp³-hybridized carbons (Fsp3) is 1.00. The zero-order chi connectivity index (χ0) is 16.4. The Kier molecular flexibility index (Phi) is 10.4. The average molecular weight is 344 g/mol. The summed E-state index contributed by atoms with van der Waals surface area (Å²) in [5.41, 5.74) is 0. The first-order valence-electron chi connectivity index (χ1n) is 7.34. The molecule has 0 aromatic carbocycles. The van der Waals surface area contributed by atoms with Crippen LogP contribution in [0.4, 0.5) is 0 Å². The first-order valence-corrected chi connectivity index (χ1v) is 10.8. The molecule has 128 valence electrons. The highest BCUT2D eigenvalue weighted by Crippen LogP contribution is 2.06. The molecule has 2 N–H and O–H groups in total. The molecule has 0 fully saturated rings. The van der Waals surface area contributed by atoms with E-state index in [2.05, 4.69) is 12.2 Å². The number of unbranched alkanes of at least 4 members (excludes halogenated alkanes) is 6. The van der Waals surface area contributed by atoms with Gasteiger partial charge in [-0.1, -0.05) is 45.4 Å². The molecule has 9 heteroatoms. The molecule has 0 amide bonds. The smallest absolute Gasteiger partial charge is 0.240 e. The molecule has 0 aromatic rings. The molecule has 0 saturated carbocycles. The van der Waals surface area contributed by atoms with Crippen LogP contribution in [0.5, 0.6) is 0 Å². The van der Waals surface area contributed by atoms with Crippen molar-refractivity contribution in [2.24, 2.45) is 0 Å². The van der Waals surface area contributed by atoms with Crippen LogP contribution in [0.1, 0.15) is 51.9 Å². The summed E-state index contributed by atoms with van der Waals surface area (Å²) < 4.78 is 46.1. The highest BCUT2D eigenvalue weighted by atomic mass is 32.2. The molecule has 0 aromatic heterocycles. The molecule has 0 radical (unpaired) electrons. The quantitative estimate of drug-likeness (QED) is 0.384. The van der Waals surface area contributed by atoms with Crippen LogP contribution < -0.4 is 10.1 Å². The van der Waals surface area contributed by atoms with E-state index in [0.717, 1.165) is 19.1 Å². The van der Waals surface area contributed by atoms with Crippen molar-refractivity contribution in [3.05, 3.63) is 0 Å². The van der Waals surface area contributed by atoms with Gasteiger partial charge in [-0.25, -0.2) is 16.8 Å². The van der Waals surface area contributed by atoms with Gasteiger partial charge in [0, 0.05) is 7.05 Å². The summed E-state index contributed by atoms with van der Waals surface area (Å²) in [5, 5.41) is 2.83. The number of hydrazine groups is 1. The van der Waals surface area contributed by atoms with E-state index in [0.29, 0.717) is 11.0 Å². The molecule has 0 unspecified atom stereocenters. The number of sulfonamides is 2. The van der Waals surface area contributed by atoms with E-state index < -0.39 is 20.0 Å². The molecular weight excluding hydrogens is 314 g/mol. The van der Waals surface area contributed by atoms with Crippen LogP contribution >= 0.6 is 0 Å². The largest absolute Gasteiger partial charge is 0.303 e. The van der Waals surface area contributed by atoms with E-state index in [-0.39, 0.29) is 5.88 Å². The molecule has 0 aliphatic rings. The number of nitrogens with one attached hydrogen (secondary N) is 2. The Bertz CT molecular complexity index is 463. The first kappa shape index (κ1) is 20.8. The van der Waals surface area contributed by atoms with Gasteiger partial charge in [0.1, 0.15) is 5.88 Å². The Morgan fingerprint density at radius 1 is 0.905 bits per heavy atom. The van der Waals surface area contributed by atoms with E-state index in [1.54, 1.807) is 0 Å². The van der Waals surface area contributed by atoms with Crippen molar-refractivity contribution in [3.63, 3.8) is 0 Å². The fourth-order valence-electron chi connectivity index (χ4n) is 1.80. The third kappa shape index (κ3) is 12.0. The van der Waals surface area contributed by atoms with Gasteiger partial charge in [0.05, 0.1) is 6.26 Å². The predicted octanol–water partition coefficient (Wildman–Crippen LogP) is 1.01. The summed E-state index contributed by atoms with van der Waals surface area (Å²) in [4.78, 5) is 1.92. The summed E-state index contributed by atoms with van der Waals surface area (Å²) in [5.74, 6) is -0.276. The van der Waals surface area contributed by atoms with Crippen LogP contribution in [-0.2, 0) is 20.0 Å². The summed E-state index contributed by atoms with van der Waals surface area (Å²) in [6, 6.07) is 0. The average Bonchev–Trinajstić information content (AvgIpc) is 2.34. The summed E-state index contributed by atoms with van der Waals surface area (Å²) >= 11 is 0. The zero-order valence-corrected chi connectivity index (χ0v) is 14.9. The minimum Gasteiger partial charge on any atom is -0.303 e. The van der Waals surface area contributed by atoms with Crippen molar-refractivity contribution in [1.29, 1.82) is 0 Å². The van der Waals surface area contributed by atoms with Crippen molar-refractivity contribution in [3.8, 4) is 0 Å². The molecule has 0 rings (SSSR count). The molecule has 0 aliphatic carbocycles. The number of rotatable bonds is 13. The molecular formula is C12H29N3O4S2. The third-order valence-electron chi connectivity index (χ3n) is 2.95. The maximum atomic E-state index is 11.8. The second kappa shape index (κ2) is 10.5. The lowest BCUT2D eigenvalue weighted by atomic mass is 10.1. The van der Waals surface area contributed by atoms with E-state index in [9.17, 15) is 16.8 Å². The third-order valence-corrected chi connectivity index (χ3v) is 5.17. The van der Waals surface area contributed by atoms with Crippen molar-refractivity contribution in [2.45, 2.75) is 51.9 Å². The second-order valence-corrected chi connectivity index (χ2v) is 8.94. The van der Waals surface area contributed by atoms with Crippen molar-refractivity contribution in [2.75, 3.05) is 25.7 Å². The maximum absolute atomic E-state index is 11.8. The molecule has 0 aliphatic heterocycles. The molecule has 0 heterocycles. The SMILES string of the molecule is CCCCCCCCCNCS(=O)(=O)N(C)NS(C)(=O)=O. The summed E-state index contributed by atoms with van der Waals surface area (Å²) in [6.45, 7) is 2.79. The van der Waals surface area contributed by atoms with Crippen LogP contribution in [0.25, 0.3) is 0 Å². The Hall–Kier alpha value is -0.220. The van der Waals surface area contributed by atoms with Crippen molar-refractivity contribution in [1.82, 2.24) is 14.6 Å². The number of hydrogen-bond acceptors (Lipinski definition) is 5. The molecule has 0 spiro atoms. The van der Waals surface area contributed by atoms with Gasteiger partial charge in [-0.2, -0.15) is 0 Å². The van der Waals surface area contributed by atoms with Gasteiger partial charge >= 0.3 is 0 Å².